The highest BCUT2D eigenvalue weighted by molar-refractivity contribution is 5.91. The number of nitrogens with one attached hydrogen (secondary N) is 1. The highest BCUT2D eigenvalue weighted by atomic mass is 16.5. The number of carbonyl (C=O) groups excluding carboxylic acids is 1. The Labute approximate surface area is 142 Å². The van der Waals surface area contributed by atoms with E-state index in [0.29, 0.717) is 24.7 Å². The van der Waals surface area contributed by atoms with E-state index in [1.54, 1.807) is 19.4 Å². The van der Waals surface area contributed by atoms with Gasteiger partial charge in [-0.2, -0.15) is 0 Å². The van der Waals surface area contributed by atoms with Crippen molar-refractivity contribution in [3.63, 3.8) is 0 Å². The van der Waals surface area contributed by atoms with E-state index in [-0.39, 0.29) is 5.91 Å². The van der Waals surface area contributed by atoms with Gasteiger partial charge in [-0.1, -0.05) is 12.1 Å². The number of methoxy groups -OCH3 is 1. The third-order valence-electron chi connectivity index (χ3n) is 3.46. The van der Waals surface area contributed by atoms with Gasteiger partial charge >= 0.3 is 0 Å². The van der Waals surface area contributed by atoms with Crippen LogP contribution >= 0.6 is 0 Å². The summed E-state index contributed by atoms with van der Waals surface area (Å²) in [7, 11) is 1.59. The summed E-state index contributed by atoms with van der Waals surface area (Å²) in [5.74, 6) is 1.16. The summed E-state index contributed by atoms with van der Waals surface area (Å²) in [6.45, 7) is 4.86. The Bertz CT molecular complexity index is 726. The summed E-state index contributed by atoms with van der Waals surface area (Å²) in [6, 6.07) is 9.38. The Morgan fingerprint density at radius 1 is 1.29 bits per heavy atom. The molecule has 0 aliphatic heterocycles. The van der Waals surface area contributed by atoms with E-state index >= 15 is 0 Å². The first-order valence-electron chi connectivity index (χ1n) is 7.81. The second-order valence-corrected chi connectivity index (χ2v) is 5.16. The normalized spacial score (nSPS) is 10.6. The number of hydrogen-bond donors (Lipinski definition) is 1. The summed E-state index contributed by atoms with van der Waals surface area (Å²) in [5, 5.41) is 2.83. The van der Waals surface area contributed by atoms with Crippen molar-refractivity contribution in [1.29, 1.82) is 0 Å². The molecule has 1 amide bonds. The molecular formula is C19H22N2O3. The second kappa shape index (κ2) is 8.72. The highest BCUT2D eigenvalue weighted by Crippen LogP contribution is 2.28. The van der Waals surface area contributed by atoms with Crippen molar-refractivity contribution in [2.45, 2.75) is 20.4 Å². The van der Waals surface area contributed by atoms with Crippen molar-refractivity contribution in [1.82, 2.24) is 10.3 Å². The van der Waals surface area contributed by atoms with Crippen LogP contribution in [0.1, 0.15) is 23.7 Å². The molecule has 0 unspecified atom stereocenters. The smallest absolute Gasteiger partial charge is 0.244 e. The molecule has 1 heterocycles. The average molecular weight is 326 g/mol. The predicted octanol–water partition coefficient (Wildman–Crippen LogP) is 3.13. The summed E-state index contributed by atoms with van der Waals surface area (Å²) >= 11 is 0. The molecule has 126 valence electrons. The van der Waals surface area contributed by atoms with Gasteiger partial charge in [0.1, 0.15) is 0 Å². The molecule has 0 fully saturated rings. The van der Waals surface area contributed by atoms with E-state index in [9.17, 15) is 4.79 Å². The number of aromatic nitrogens is 1. The van der Waals surface area contributed by atoms with Gasteiger partial charge in [0, 0.05) is 12.3 Å². The minimum Gasteiger partial charge on any atom is -0.493 e. The number of ether oxygens (including phenoxy) is 2. The fourth-order valence-electron chi connectivity index (χ4n) is 2.17. The topological polar surface area (TPSA) is 60.5 Å². The van der Waals surface area contributed by atoms with E-state index in [1.807, 2.05) is 44.2 Å². The molecule has 0 saturated carbocycles. The van der Waals surface area contributed by atoms with Gasteiger partial charge in [-0.3, -0.25) is 9.78 Å². The van der Waals surface area contributed by atoms with Gasteiger partial charge in [-0.05, 0) is 49.2 Å². The van der Waals surface area contributed by atoms with Gasteiger partial charge < -0.3 is 14.8 Å². The van der Waals surface area contributed by atoms with Crippen molar-refractivity contribution in [3.8, 4) is 11.5 Å². The van der Waals surface area contributed by atoms with Crippen molar-refractivity contribution in [3.05, 3.63) is 59.4 Å². The molecule has 0 radical (unpaired) electrons. The Morgan fingerprint density at radius 2 is 2.12 bits per heavy atom. The lowest BCUT2D eigenvalue weighted by atomic mass is 10.2. The quantitative estimate of drug-likeness (QED) is 0.794. The maximum atomic E-state index is 11.9. The van der Waals surface area contributed by atoms with Crippen LogP contribution in [0.5, 0.6) is 11.5 Å². The number of hydrogen-bond acceptors (Lipinski definition) is 4. The molecule has 0 bridgehead atoms. The van der Waals surface area contributed by atoms with Gasteiger partial charge in [0.15, 0.2) is 11.5 Å². The molecule has 2 rings (SSSR count). The minimum atomic E-state index is -0.173. The maximum absolute atomic E-state index is 11.9. The zero-order valence-electron chi connectivity index (χ0n) is 14.2. The molecule has 1 aromatic heterocycles. The van der Waals surface area contributed by atoms with E-state index in [0.717, 1.165) is 16.8 Å². The minimum absolute atomic E-state index is 0.173. The first-order chi connectivity index (χ1) is 11.6. The van der Waals surface area contributed by atoms with E-state index < -0.39 is 0 Å². The third kappa shape index (κ3) is 4.84. The standard InChI is InChI=1S/C19H22N2O3/c1-4-24-17-9-7-15(12-18(17)23-3)8-10-19(22)21-13-16-14(2)6-5-11-20-16/h5-12H,4,13H2,1-3H3,(H,21,22)/b10-8+. The number of aryl methyl sites for hydroxylation is 1. The zero-order chi connectivity index (χ0) is 17.4. The Hall–Kier alpha value is -2.82. The first-order valence-corrected chi connectivity index (χ1v) is 7.81. The van der Waals surface area contributed by atoms with Gasteiger partial charge in [-0.15, -0.1) is 0 Å². The molecule has 0 spiro atoms. The number of nitrogens with zero attached hydrogens (tertiary/aromatic N) is 1. The SMILES string of the molecule is CCOc1ccc(/C=C/C(=O)NCc2ncccc2C)cc1OC. The summed E-state index contributed by atoms with van der Waals surface area (Å²) in [6.07, 6.45) is 4.95. The van der Waals surface area contributed by atoms with E-state index in [4.69, 9.17) is 9.47 Å². The number of carbonyl (C=O) groups is 1. The molecule has 2 aromatic rings. The summed E-state index contributed by atoms with van der Waals surface area (Å²) in [5.41, 5.74) is 2.78. The molecule has 0 aliphatic carbocycles. The molecule has 1 N–H and O–H groups in total. The van der Waals surface area contributed by atoms with Crippen LogP contribution in [0.25, 0.3) is 6.08 Å². The lowest BCUT2D eigenvalue weighted by Crippen LogP contribution is -2.21. The van der Waals surface area contributed by atoms with Crippen molar-refractivity contribution in [2.75, 3.05) is 13.7 Å². The van der Waals surface area contributed by atoms with E-state index in [1.165, 1.54) is 6.08 Å². The Kier molecular flexibility index (Phi) is 6.37. The fraction of sp³-hybridized carbons (Fsp3) is 0.263. The third-order valence-corrected chi connectivity index (χ3v) is 3.46. The molecular weight excluding hydrogens is 304 g/mol. The monoisotopic (exact) mass is 326 g/mol. The Balaban J connectivity index is 1.97. The van der Waals surface area contributed by atoms with Crippen LogP contribution in [0.15, 0.2) is 42.6 Å². The van der Waals surface area contributed by atoms with Crippen molar-refractivity contribution >= 4 is 12.0 Å². The van der Waals surface area contributed by atoms with Crippen LogP contribution in [0.3, 0.4) is 0 Å². The van der Waals surface area contributed by atoms with Gasteiger partial charge in [-0.25, -0.2) is 0 Å². The molecule has 5 nitrogen and oxygen atoms in total. The number of benzene rings is 1. The largest absolute Gasteiger partial charge is 0.493 e. The molecule has 0 saturated heterocycles. The van der Waals surface area contributed by atoms with Crippen LogP contribution in [0.4, 0.5) is 0 Å². The van der Waals surface area contributed by atoms with Gasteiger partial charge in [0.2, 0.25) is 5.91 Å². The first kappa shape index (κ1) is 17.5. The zero-order valence-corrected chi connectivity index (χ0v) is 14.2. The second-order valence-electron chi connectivity index (χ2n) is 5.16. The lowest BCUT2D eigenvalue weighted by molar-refractivity contribution is -0.116. The van der Waals surface area contributed by atoms with Crippen LogP contribution in [0.2, 0.25) is 0 Å². The summed E-state index contributed by atoms with van der Waals surface area (Å²) < 4.78 is 10.8. The Morgan fingerprint density at radius 3 is 2.83 bits per heavy atom. The molecule has 24 heavy (non-hydrogen) atoms. The van der Waals surface area contributed by atoms with Crippen LogP contribution < -0.4 is 14.8 Å². The predicted molar refractivity (Wildman–Crippen MR) is 94.0 cm³/mol. The van der Waals surface area contributed by atoms with Crippen LogP contribution in [-0.2, 0) is 11.3 Å². The van der Waals surface area contributed by atoms with Crippen LogP contribution in [-0.4, -0.2) is 24.6 Å². The van der Waals surface area contributed by atoms with Gasteiger partial charge in [0.25, 0.3) is 0 Å². The van der Waals surface area contributed by atoms with Crippen molar-refractivity contribution < 1.29 is 14.3 Å². The molecule has 5 heteroatoms. The van der Waals surface area contributed by atoms with Crippen LogP contribution in [0, 0.1) is 6.92 Å². The number of rotatable bonds is 7. The van der Waals surface area contributed by atoms with Crippen molar-refractivity contribution in [2.24, 2.45) is 0 Å². The average Bonchev–Trinajstić information content (AvgIpc) is 2.60. The van der Waals surface area contributed by atoms with E-state index in [2.05, 4.69) is 10.3 Å². The van der Waals surface area contributed by atoms with Gasteiger partial charge in [0.05, 0.1) is 26.0 Å². The number of pyridine rings is 1. The molecule has 1 aromatic carbocycles. The molecule has 0 atom stereocenters. The highest BCUT2D eigenvalue weighted by Gasteiger charge is 2.04. The molecule has 0 aliphatic rings. The summed E-state index contributed by atoms with van der Waals surface area (Å²) in [4.78, 5) is 16.2. The maximum Gasteiger partial charge on any atom is 0.244 e. The fourth-order valence-corrected chi connectivity index (χ4v) is 2.17. The lowest BCUT2D eigenvalue weighted by Gasteiger charge is -2.09. The number of amides is 1.